The number of halogens is 2. The average Bonchev–Trinajstić information content (AvgIpc) is 3.12. The topological polar surface area (TPSA) is 155 Å². The van der Waals surface area contributed by atoms with E-state index in [0.717, 1.165) is 35.7 Å². The first-order valence-electron chi connectivity index (χ1n) is 17.8. The molecule has 0 saturated carbocycles. The molecule has 0 aliphatic rings. The van der Waals surface area contributed by atoms with Gasteiger partial charge in [-0.05, 0) is 66.6 Å². The van der Waals surface area contributed by atoms with Crippen LogP contribution in [0.15, 0.2) is 54.6 Å². The first-order chi connectivity index (χ1) is 25.3. The van der Waals surface area contributed by atoms with Gasteiger partial charge < -0.3 is 35.3 Å². The van der Waals surface area contributed by atoms with Gasteiger partial charge in [-0.2, -0.15) is 0 Å². The third-order valence-electron chi connectivity index (χ3n) is 8.86. The zero-order valence-electron chi connectivity index (χ0n) is 31.4. The fraction of sp³-hybridized carbons (Fsp3) is 0.487. The van der Waals surface area contributed by atoms with Gasteiger partial charge in [0.1, 0.15) is 23.8 Å². The van der Waals surface area contributed by atoms with Crippen LogP contribution in [0.4, 0.5) is 8.78 Å². The number of methoxy groups -OCH3 is 3. The highest BCUT2D eigenvalue weighted by atomic mass is 32.2. The molecular formula is C39H53F2N3O8S. The maximum atomic E-state index is 14.1. The molecule has 0 bridgehead atoms. The number of amides is 1. The number of esters is 1. The molecule has 0 fully saturated rings. The Morgan fingerprint density at radius 1 is 0.830 bits per heavy atom. The second-order valence-corrected chi connectivity index (χ2v) is 15.2. The van der Waals surface area contributed by atoms with Gasteiger partial charge in [0.25, 0.3) is 5.91 Å². The fourth-order valence-electron chi connectivity index (χ4n) is 6.10. The molecule has 3 rings (SSSR count). The van der Waals surface area contributed by atoms with Crippen molar-refractivity contribution >= 4 is 21.7 Å². The number of ether oxygens (including phenoxy) is 4. The van der Waals surface area contributed by atoms with Gasteiger partial charge >= 0.3 is 5.97 Å². The Morgan fingerprint density at radius 3 is 1.98 bits per heavy atom. The number of aryl methyl sites for hydroxylation is 1. The summed E-state index contributed by atoms with van der Waals surface area (Å²) < 4.78 is 77.8. The van der Waals surface area contributed by atoms with E-state index in [1.54, 1.807) is 0 Å². The summed E-state index contributed by atoms with van der Waals surface area (Å²) in [5, 5.41) is 5.06. The van der Waals surface area contributed by atoms with Crippen molar-refractivity contribution in [3.8, 4) is 17.2 Å². The van der Waals surface area contributed by atoms with Gasteiger partial charge in [-0.15, -0.1) is 0 Å². The molecule has 4 N–H and O–H groups in total. The molecule has 53 heavy (non-hydrogen) atoms. The van der Waals surface area contributed by atoms with Crippen molar-refractivity contribution in [1.29, 1.82) is 0 Å². The molecule has 0 aromatic heterocycles. The van der Waals surface area contributed by atoms with Crippen LogP contribution in [0, 0.1) is 11.6 Å². The number of nitrogens with two attached hydrogens (primary N) is 1. The van der Waals surface area contributed by atoms with Crippen molar-refractivity contribution in [3.05, 3.63) is 88.5 Å². The normalized spacial score (nSPS) is 13.2. The maximum absolute atomic E-state index is 14.1. The lowest BCUT2D eigenvalue weighted by Gasteiger charge is -2.28. The van der Waals surface area contributed by atoms with Gasteiger partial charge in [0, 0.05) is 30.8 Å². The molecule has 0 aliphatic carbocycles. The molecule has 3 atom stereocenters. The number of rotatable bonds is 22. The molecule has 14 heteroatoms. The smallest absolute Gasteiger partial charge is 0.330 e. The molecule has 3 aromatic rings. The Bertz CT molecular complexity index is 1720. The minimum absolute atomic E-state index is 0.00530. The number of hydrogen-bond donors (Lipinski definition) is 3. The Kier molecular flexibility index (Phi) is 17.0. The lowest BCUT2D eigenvalue weighted by atomic mass is 10.0. The van der Waals surface area contributed by atoms with Crippen LogP contribution in [0.2, 0.25) is 0 Å². The molecular weight excluding hydrogens is 709 g/mol. The Balaban J connectivity index is 1.98. The van der Waals surface area contributed by atoms with Crippen LogP contribution >= 0.6 is 0 Å². The lowest BCUT2D eigenvalue weighted by Crippen LogP contribution is -2.52. The Morgan fingerprint density at radius 2 is 1.43 bits per heavy atom. The number of carbonyl (C=O) groups is 2. The maximum Gasteiger partial charge on any atom is 0.330 e. The minimum atomic E-state index is -3.94. The molecule has 0 radical (unpaired) electrons. The monoisotopic (exact) mass is 761 g/mol. The van der Waals surface area contributed by atoms with Crippen LogP contribution in [-0.2, 0) is 38.8 Å². The largest absolute Gasteiger partial charge is 0.493 e. The van der Waals surface area contributed by atoms with Gasteiger partial charge in [0.05, 0.1) is 32.3 Å². The number of benzene rings is 3. The van der Waals surface area contributed by atoms with Gasteiger partial charge in [0.2, 0.25) is 5.75 Å². The molecule has 0 aliphatic heterocycles. The zero-order valence-corrected chi connectivity index (χ0v) is 32.2. The molecule has 1 amide bonds. The number of sulfone groups is 1. The van der Waals surface area contributed by atoms with Crippen molar-refractivity contribution in [3.63, 3.8) is 0 Å². The fourth-order valence-corrected chi connectivity index (χ4v) is 8.25. The van der Waals surface area contributed by atoms with E-state index in [1.165, 1.54) is 33.5 Å². The van der Waals surface area contributed by atoms with Gasteiger partial charge in [-0.3, -0.25) is 4.79 Å². The summed E-state index contributed by atoms with van der Waals surface area (Å²) in [6, 6.07) is 11.0. The predicted molar refractivity (Wildman–Crippen MR) is 200 cm³/mol. The van der Waals surface area contributed by atoms with Crippen molar-refractivity contribution in [1.82, 2.24) is 10.6 Å². The lowest BCUT2D eigenvalue weighted by molar-refractivity contribution is -0.151. The van der Waals surface area contributed by atoms with Crippen LogP contribution in [0.1, 0.15) is 73.5 Å². The van der Waals surface area contributed by atoms with Gasteiger partial charge in [-0.25, -0.2) is 22.0 Å². The molecule has 0 unspecified atom stereocenters. The van der Waals surface area contributed by atoms with Crippen LogP contribution < -0.4 is 30.6 Å². The van der Waals surface area contributed by atoms with E-state index in [4.69, 9.17) is 24.7 Å². The predicted octanol–water partition coefficient (Wildman–Crippen LogP) is 5.31. The highest BCUT2D eigenvalue weighted by molar-refractivity contribution is 7.92. The molecule has 11 nitrogen and oxygen atoms in total. The van der Waals surface area contributed by atoms with Crippen molar-refractivity contribution in [2.45, 2.75) is 89.3 Å². The second-order valence-electron chi connectivity index (χ2n) is 12.9. The summed E-state index contributed by atoms with van der Waals surface area (Å²) in [4.78, 5) is 27.8. The zero-order chi connectivity index (χ0) is 39.1. The van der Waals surface area contributed by atoms with Crippen molar-refractivity contribution < 1.29 is 45.7 Å². The quantitative estimate of drug-likeness (QED) is 0.115. The number of carbonyl (C=O) groups excluding carboxylic acids is 2. The third kappa shape index (κ3) is 12.7. The highest BCUT2D eigenvalue weighted by Gasteiger charge is 2.35. The summed E-state index contributed by atoms with van der Waals surface area (Å²) in [7, 11) is 0.219. The molecule has 3 aromatic carbocycles. The molecule has 0 saturated heterocycles. The highest BCUT2D eigenvalue weighted by Crippen LogP contribution is 2.38. The third-order valence-corrected chi connectivity index (χ3v) is 11.1. The second kappa shape index (κ2) is 20.8. The van der Waals surface area contributed by atoms with Crippen molar-refractivity contribution in [2.75, 3.05) is 33.6 Å². The SMILES string of the molecule is CCCC(CCC)S(=O)(=O)C[C@H](NC(=O)c1cc(OC)c(OC)c(OC)c1)C(=O)O[C@H](CNCc1cccc(CC)c1)[C@@H](N)Cc1cc(F)cc(F)c1. The van der Waals surface area contributed by atoms with E-state index < -0.39 is 62.5 Å². The number of nitrogens with one attached hydrogen (secondary N) is 2. The van der Waals surface area contributed by atoms with E-state index in [9.17, 15) is 26.8 Å². The van der Waals surface area contributed by atoms with Gasteiger partial charge in [0.15, 0.2) is 21.3 Å². The van der Waals surface area contributed by atoms with Crippen molar-refractivity contribution in [2.24, 2.45) is 5.73 Å². The minimum Gasteiger partial charge on any atom is -0.493 e. The molecule has 292 valence electrons. The van der Waals surface area contributed by atoms with Crippen LogP contribution in [0.3, 0.4) is 0 Å². The molecule has 0 spiro atoms. The standard InChI is InChI=1S/C39H53F2N3O8S/c1-7-11-31(12-8-2)53(47,48)24-33(44-38(45)28-19-34(49-4)37(51-6)35(20-28)50-5)39(46)52-36(23-43-22-26-14-10-13-25(9-3)15-26)32(42)18-27-16-29(40)21-30(41)17-27/h10,13-17,19-21,31-33,36,43H,7-9,11-12,18,22-24,42H2,1-6H3,(H,44,45)/t32-,33-,36+/m0/s1. The molecule has 0 heterocycles. The van der Waals surface area contributed by atoms with E-state index >= 15 is 0 Å². The Labute approximate surface area is 311 Å². The van der Waals surface area contributed by atoms with E-state index in [1.807, 2.05) is 45.0 Å². The van der Waals surface area contributed by atoms with Crippen LogP contribution in [0.25, 0.3) is 0 Å². The first-order valence-corrected chi connectivity index (χ1v) is 19.5. The van der Waals surface area contributed by atoms with E-state index in [2.05, 4.69) is 10.6 Å². The summed E-state index contributed by atoms with van der Waals surface area (Å²) in [5.74, 6) is -3.57. The van der Waals surface area contributed by atoms with E-state index in [-0.39, 0.29) is 41.3 Å². The van der Waals surface area contributed by atoms with Crippen LogP contribution in [0.5, 0.6) is 17.2 Å². The number of hydrogen-bond acceptors (Lipinski definition) is 10. The first kappa shape index (κ1) is 43.1. The summed E-state index contributed by atoms with van der Waals surface area (Å²) in [5.41, 5.74) is 8.90. The average molecular weight is 762 g/mol. The summed E-state index contributed by atoms with van der Waals surface area (Å²) in [6.45, 7) is 6.18. The summed E-state index contributed by atoms with van der Waals surface area (Å²) >= 11 is 0. The van der Waals surface area contributed by atoms with Crippen LogP contribution in [-0.4, -0.2) is 77.4 Å². The summed E-state index contributed by atoms with van der Waals surface area (Å²) in [6.07, 6.45) is 1.61. The Hall–Kier alpha value is -4.27. The van der Waals surface area contributed by atoms with Gasteiger partial charge in [-0.1, -0.05) is 57.9 Å². The van der Waals surface area contributed by atoms with E-state index in [0.29, 0.717) is 32.2 Å².